The Kier molecular flexibility index (Phi) is 4.71. The lowest BCUT2D eigenvalue weighted by Gasteiger charge is -2.11. The first-order valence-electron chi connectivity index (χ1n) is 7.05. The molecule has 2 rings (SSSR count). The highest BCUT2D eigenvalue weighted by Crippen LogP contribution is 2.20. The summed E-state index contributed by atoms with van der Waals surface area (Å²) >= 11 is 0. The summed E-state index contributed by atoms with van der Waals surface area (Å²) in [7, 11) is 0. The van der Waals surface area contributed by atoms with Crippen LogP contribution in [0.2, 0.25) is 0 Å². The minimum absolute atomic E-state index is 0.0129. The molecule has 0 unspecified atom stereocenters. The van der Waals surface area contributed by atoms with Crippen LogP contribution >= 0.6 is 0 Å². The van der Waals surface area contributed by atoms with Crippen molar-refractivity contribution < 1.29 is 19.1 Å². The molecule has 0 aliphatic carbocycles. The summed E-state index contributed by atoms with van der Waals surface area (Å²) in [5, 5.41) is 9.22. The van der Waals surface area contributed by atoms with E-state index in [-0.39, 0.29) is 17.0 Å². The van der Waals surface area contributed by atoms with Gasteiger partial charge in [0.25, 0.3) is 0 Å². The second kappa shape index (κ2) is 6.52. The van der Waals surface area contributed by atoms with E-state index in [9.17, 15) is 19.1 Å². The van der Waals surface area contributed by atoms with Crippen molar-refractivity contribution in [2.24, 2.45) is 5.92 Å². The predicted octanol–water partition coefficient (Wildman–Crippen LogP) is 3.95. The Morgan fingerprint density at radius 3 is 2.36 bits per heavy atom. The van der Waals surface area contributed by atoms with Crippen LogP contribution in [0.15, 0.2) is 42.5 Å². The molecule has 0 aliphatic rings. The van der Waals surface area contributed by atoms with Crippen molar-refractivity contribution in [3.8, 4) is 0 Å². The van der Waals surface area contributed by atoms with E-state index in [1.807, 2.05) is 13.8 Å². The summed E-state index contributed by atoms with van der Waals surface area (Å²) in [5.41, 5.74) is 1.05. The molecule has 0 atom stereocenters. The van der Waals surface area contributed by atoms with E-state index in [2.05, 4.69) is 0 Å². The molecular weight excluding hydrogens is 283 g/mol. The number of carbonyl (C=O) groups excluding carboxylic acids is 1. The number of benzene rings is 2. The van der Waals surface area contributed by atoms with Crippen LogP contribution in [0.1, 0.15) is 45.7 Å². The van der Waals surface area contributed by atoms with Gasteiger partial charge in [-0.1, -0.05) is 32.0 Å². The summed E-state index contributed by atoms with van der Waals surface area (Å²) in [4.78, 5) is 23.7. The molecule has 1 N–H and O–H groups in total. The van der Waals surface area contributed by atoms with Crippen LogP contribution in [-0.4, -0.2) is 16.9 Å². The van der Waals surface area contributed by atoms with Crippen molar-refractivity contribution in [2.45, 2.75) is 20.3 Å². The molecule has 0 saturated carbocycles. The third kappa shape index (κ3) is 3.39. The fraction of sp³-hybridized carbons (Fsp3) is 0.222. The highest BCUT2D eigenvalue weighted by atomic mass is 19.1. The van der Waals surface area contributed by atoms with Gasteiger partial charge in [0.15, 0.2) is 5.78 Å². The second-order valence-electron chi connectivity index (χ2n) is 5.58. The molecule has 22 heavy (non-hydrogen) atoms. The molecular formula is C18H17FO3. The summed E-state index contributed by atoms with van der Waals surface area (Å²) in [6.07, 6.45) is 0.542. The molecule has 0 spiro atoms. The van der Waals surface area contributed by atoms with E-state index in [0.717, 1.165) is 0 Å². The zero-order chi connectivity index (χ0) is 16.3. The number of aromatic carboxylic acids is 1. The van der Waals surface area contributed by atoms with Gasteiger partial charge in [0, 0.05) is 5.56 Å². The van der Waals surface area contributed by atoms with E-state index >= 15 is 0 Å². The highest BCUT2D eigenvalue weighted by Gasteiger charge is 2.17. The first kappa shape index (κ1) is 15.9. The molecule has 3 nitrogen and oxygen atoms in total. The Morgan fingerprint density at radius 1 is 1.09 bits per heavy atom. The van der Waals surface area contributed by atoms with Crippen LogP contribution in [0.5, 0.6) is 0 Å². The number of hydrogen-bond acceptors (Lipinski definition) is 2. The molecule has 0 bridgehead atoms. The van der Waals surface area contributed by atoms with Crippen LogP contribution in [0.25, 0.3) is 0 Å². The van der Waals surface area contributed by atoms with Crippen LogP contribution in [0.3, 0.4) is 0 Å². The molecule has 2 aromatic carbocycles. The van der Waals surface area contributed by atoms with Crippen LogP contribution in [-0.2, 0) is 6.42 Å². The predicted molar refractivity (Wildman–Crippen MR) is 81.8 cm³/mol. The van der Waals surface area contributed by atoms with Crippen molar-refractivity contribution >= 4 is 11.8 Å². The quantitative estimate of drug-likeness (QED) is 0.851. The molecule has 0 fully saturated rings. The van der Waals surface area contributed by atoms with Gasteiger partial charge in [-0.15, -0.1) is 0 Å². The lowest BCUT2D eigenvalue weighted by molar-refractivity contribution is 0.0695. The largest absolute Gasteiger partial charge is 0.478 e. The lowest BCUT2D eigenvalue weighted by atomic mass is 9.93. The number of ketones is 1. The first-order chi connectivity index (χ1) is 10.4. The average Bonchev–Trinajstić information content (AvgIpc) is 2.46. The Morgan fingerprint density at radius 2 is 1.77 bits per heavy atom. The second-order valence-corrected chi connectivity index (χ2v) is 5.58. The van der Waals surface area contributed by atoms with E-state index in [0.29, 0.717) is 17.5 Å². The number of carboxylic acids is 1. The summed E-state index contributed by atoms with van der Waals surface area (Å²) in [6, 6.07) is 10.2. The zero-order valence-corrected chi connectivity index (χ0v) is 12.5. The van der Waals surface area contributed by atoms with Gasteiger partial charge in [-0.3, -0.25) is 4.79 Å². The maximum absolute atomic E-state index is 13.7. The van der Waals surface area contributed by atoms with E-state index in [4.69, 9.17) is 0 Å². The maximum Gasteiger partial charge on any atom is 0.335 e. The normalized spacial score (nSPS) is 10.7. The maximum atomic E-state index is 13.7. The van der Waals surface area contributed by atoms with Gasteiger partial charge >= 0.3 is 5.97 Å². The number of carboxylic acid groups (broad SMARTS) is 1. The zero-order valence-electron chi connectivity index (χ0n) is 12.5. The first-order valence-corrected chi connectivity index (χ1v) is 7.05. The highest BCUT2D eigenvalue weighted by molar-refractivity contribution is 6.09. The van der Waals surface area contributed by atoms with Gasteiger partial charge in [-0.2, -0.15) is 0 Å². The Hall–Kier alpha value is -2.49. The van der Waals surface area contributed by atoms with Gasteiger partial charge in [0.1, 0.15) is 5.82 Å². The fourth-order valence-corrected chi connectivity index (χ4v) is 2.35. The summed E-state index contributed by atoms with van der Waals surface area (Å²) < 4.78 is 13.7. The molecule has 2 aromatic rings. The Balaban J connectivity index is 2.46. The SMILES string of the molecule is CC(C)Cc1cc(C(=O)c2ccccc2F)ccc1C(=O)O. The molecule has 114 valence electrons. The summed E-state index contributed by atoms with van der Waals surface area (Å²) in [6.45, 7) is 3.94. The topological polar surface area (TPSA) is 54.4 Å². The van der Waals surface area contributed by atoms with Crippen molar-refractivity contribution in [1.82, 2.24) is 0 Å². The molecule has 0 aromatic heterocycles. The molecule has 0 amide bonds. The standard InChI is InChI=1S/C18H17FO3/c1-11(2)9-13-10-12(7-8-14(13)18(21)22)17(20)15-5-3-4-6-16(15)19/h3-8,10-11H,9H2,1-2H3,(H,21,22). The fourth-order valence-electron chi connectivity index (χ4n) is 2.35. The molecule has 0 aliphatic heterocycles. The third-order valence-corrected chi connectivity index (χ3v) is 3.34. The van der Waals surface area contributed by atoms with Crippen molar-refractivity contribution in [3.63, 3.8) is 0 Å². The number of halogens is 1. The van der Waals surface area contributed by atoms with Crippen LogP contribution in [0.4, 0.5) is 4.39 Å². The lowest BCUT2D eigenvalue weighted by Crippen LogP contribution is -2.09. The van der Waals surface area contributed by atoms with Crippen LogP contribution < -0.4 is 0 Å². The number of hydrogen-bond donors (Lipinski definition) is 1. The summed E-state index contributed by atoms with van der Waals surface area (Å²) in [5.74, 6) is -1.81. The van der Waals surface area contributed by atoms with Crippen LogP contribution in [0, 0.1) is 11.7 Å². The van der Waals surface area contributed by atoms with Gasteiger partial charge in [-0.05, 0) is 42.2 Å². The minimum atomic E-state index is -1.03. The third-order valence-electron chi connectivity index (χ3n) is 3.34. The average molecular weight is 300 g/mol. The number of rotatable bonds is 5. The minimum Gasteiger partial charge on any atom is -0.478 e. The van der Waals surface area contributed by atoms with Gasteiger partial charge in [0.05, 0.1) is 11.1 Å². The number of carbonyl (C=O) groups is 2. The van der Waals surface area contributed by atoms with Crippen molar-refractivity contribution in [3.05, 3.63) is 70.5 Å². The van der Waals surface area contributed by atoms with Crippen molar-refractivity contribution in [2.75, 3.05) is 0 Å². The molecule has 0 saturated heterocycles. The molecule has 0 radical (unpaired) electrons. The smallest absolute Gasteiger partial charge is 0.335 e. The van der Waals surface area contributed by atoms with E-state index < -0.39 is 17.6 Å². The van der Waals surface area contributed by atoms with E-state index in [1.165, 1.54) is 30.3 Å². The Labute approximate surface area is 128 Å². The molecule has 0 heterocycles. The van der Waals surface area contributed by atoms with E-state index in [1.54, 1.807) is 12.1 Å². The van der Waals surface area contributed by atoms with Crippen molar-refractivity contribution in [1.29, 1.82) is 0 Å². The molecule has 4 heteroatoms. The van der Waals surface area contributed by atoms with Gasteiger partial charge in [0.2, 0.25) is 0 Å². The van der Waals surface area contributed by atoms with Gasteiger partial charge in [-0.25, -0.2) is 9.18 Å². The monoisotopic (exact) mass is 300 g/mol. The Bertz CT molecular complexity index is 720. The van der Waals surface area contributed by atoms with Gasteiger partial charge < -0.3 is 5.11 Å².